The molecule has 8 nitrogen and oxygen atoms in total. The Bertz CT molecular complexity index is 968. The summed E-state index contributed by atoms with van der Waals surface area (Å²) in [6.45, 7) is 1.45. The summed E-state index contributed by atoms with van der Waals surface area (Å²) < 4.78 is 40.4. The van der Waals surface area contributed by atoms with Crippen molar-refractivity contribution < 1.29 is 32.2 Å². The van der Waals surface area contributed by atoms with Gasteiger partial charge in [-0.3, -0.25) is 9.52 Å². The molecule has 1 atom stereocenters. The molecule has 2 rings (SSSR count). The van der Waals surface area contributed by atoms with Gasteiger partial charge in [-0.1, -0.05) is 6.07 Å². The standard InChI is InChI=1S/C19H21NO7S/c1-12(17(21)13-8-10-14(11-9-13)20-28(4,23)24)27-19(22)15-6-5-7-16(25-2)18(15)26-3/h5-12,20H,1-4H3/t12-/m0/s1. The lowest BCUT2D eigenvalue weighted by atomic mass is 10.1. The molecule has 0 unspecified atom stereocenters. The number of carbonyl (C=O) groups excluding carboxylic acids is 2. The van der Waals surface area contributed by atoms with E-state index in [0.717, 1.165) is 6.26 Å². The summed E-state index contributed by atoms with van der Waals surface area (Å²) in [6.07, 6.45) is -0.0300. The molecule has 0 aromatic heterocycles. The highest BCUT2D eigenvalue weighted by molar-refractivity contribution is 7.92. The molecule has 0 saturated carbocycles. The number of para-hydroxylation sites is 1. The second-order valence-corrected chi connectivity index (χ2v) is 7.65. The van der Waals surface area contributed by atoms with E-state index >= 15 is 0 Å². The fourth-order valence-corrected chi connectivity index (χ4v) is 3.04. The first-order chi connectivity index (χ1) is 13.2. The number of anilines is 1. The van der Waals surface area contributed by atoms with E-state index in [4.69, 9.17) is 14.2 Å². The van der Waals surface area contributed by atoms with Crippen molar-refractivity contribution >= 4 is 27.5 Å². The second-order valence-electron chi connectivity index (χ2n) is 5.90. The zero-order valence-corrected chi connectivity index (χ0v) is 16.7. The molecule has 2 aromatic rings. The minimum absolute atomic E-state index is 0.134. The maximum atomic E-state index is 12.5. The van der Waals surface area contributed by atoms with E-state index in [9.17, 15) is 18.0 Å². The van der Waals surface area contributed by atoms with Gasteiger partial charge in [0.05, 0.1) is 20.5 Å². The van der Waals surface area contributed by atoms with E-state index in [1.54, 1.807) is 12.1 Å². The van der Waals surface area contributed by atoms with Crippen molar-refractivity contribution in [1.82, 2.24) is 0 Å². The summed E-state index contributed by atoms with van der Waals surface area (Å²) in [5.74, 6) is -0.580. The van der Waals surface area contributed by atoms with Gasteiger partial charge in [0.1, 0.15) is 5.56 Å². The molecule has 0 amide bonds. The van der Waals surface area contributed by atoms with Gasteiger partial charge in [-0.25, -0.2) is 13.2 Å². The average molecular weight is 407 g/mol. The highest BCUT2D eigenvalue weighted by Crippen LogP contribution is 2.31. The third-order valence-electron chi connectivity index (χ3n) is 3.75. The number of rotatable bonds is 8. The van der Waals surface area contributed by atoms with Crippen molar-refractivity contribution in [3.8, 4) is 11.5 Å². The molecule has 0 fully saturated rings. The molecule has 0 radical (unpaired) electrons. The van der Waals surface area contributed by atoms with Crippen LogP contribution in [0.25, 0.3) is 0 Å². The first-order valence-corrected chi connectivity index (χ1v) is 10.1. The maximum Gasteiger partial charge on any atom is 0.342 e. The predicted octanol–water partition coefficient (Wildman–Crippen LogP) is 2.50. The molecule has 0 saturated heterocycles. The number of carbonyl (C=O) groups is 2. The van der Waals surface area contributed by atoms with E-state index in [1.165, 1.54) is 51.5 Å². The fourth-order valence-electron chi connectivity index (χ4n) is 2.48. The third kappa shape index (κ3) is 5.23. The van der Waals surface area contributed by atoms with Gasteiger partial charge in [0.15, 0.2) is 17.6 Å². The minimum atomic E-state index is -3.41. The van der Waals surface area contributed by atoms with Crippen molar-refractivity contribution in [2.45, 2.75) is 13.0 Å². The Morgan fingerprint density at radius 3 is 2.18 bits per heavy atom. The van der Waals surface area contributed by atoms with Crippen LogP contribution in [0.15, 0.2) is 42.5 Å². The topological polar surface area (TPSA) is 108 Å². The van der Waals surface area contributed by atoms with Crippen molar-refractivity contribution in [3.05, 3.63) is 53.6 Å². The quantitative estimate of drug-likeness (QED) is 0.529. The Hall–Kier alpha value is -3.07. The van der Waals surface area contributed by atoms with Gasteiger partial charge in [-0.05, 0) is 43.3 Å². The van der Waals surface area contributed by atoms with Gasteiger partial charge in [0, 0.05) is 11.3 Å². The van der Waals surface area contributed by atoms with Crippen LogP contribution in [0.5, 0.6) is 11.5 Å². The van der Waals surface area contributed by atoms with Crippen LogP contribution in [0.2, 0.25) is 0 Å². The summed E-state index contributed by atoms with van der Waals surface area (Å²) >= 11 is 0. The average Bonchev–Trinajstić information content (AvgIpc) is 2.65. The molecule has 1 N–H and O–H groups in total. The van der Waals surface area contributed by atoms with Crippen molar-refractivity contribution in [1.29, 1.82) is 0 Å². The van der Waals surface area contributed by atoms with Crippen LogP contribution in [0, 0.1) is 0 Å². The van der Waals surface area contributed by atoms with Gasteiger partial charge in [0.25, 0.3) is 0 Å². The van der Waals surface area contributed by atoms with E-state index in [-0.39, 0.29) is 16.9 Å². The normalized spacial score (nSPS) is 12.0. The number of hydrogen-bond donors (Lipinski definition) is 1. The Morgan fingerprint density at radius 2 is 1.64 bits per heavy atom. The number of esters is 1. The number of nitrogens with one attached hydrogen (secondary N) is 1. The van der Waals surface area contributed by atoms with E-state index < -0.39 is 27.9 Å². The number of ketones is 1. The van der Waals surface area contributed by atoms with Crippen LogP contribution in [0.1, 0.15) is 27.6 Å². The lowest BCUT2D eigenvalue weighted by molar-refractivity contribution is 0.0315. The highest BCUT2D eigenvalue weighted by atomic mass is 32.2. The van der Waals surface area contributed by atoms with Crippen LogP contribution in [0.3, 0.4) is 0 Å². The predicted molar refractivity (Wildman–Crippen MR) is 104 cm³/mol. The molecule has 0 aliphatic rings. The Balaban J connectivity index is 2.13. The third-order valence-corrected chi connectivity index (χ3v) is 4.36. The molecule has 9 heteroatoms. The first-order valence-electron chi connectivity index (χ1n) is 8.20. The number of benzene rings is 2. The molecule has 28 heavy (non-hydrogen) atoms. The van der Waals surface area contributed by atoms with Crippen molar-refractivity contribution in [3.63, 3.8) is 0 Å². The SMILES string of the molecule is COc1cccc(C(=O)O[C@@H](C)C(=O)c2ccc(NS(C)(=O)=O)cc2)c1OC. The number of ether oxygens (including phenoxy) is 3. The zero-order valence-electron chi connectivity index (χ0n) is 15.9. The number of Topliss-reactive ketones (excluding diaryl/α,β-unsaturated/α-hetero) is 1. The number of sulfonamides is 1. The van der Waals surface area contributed by atoms with Crippen molar-refractivity contribution in [2.75, 3.05) is 25.2 Å². The summed E-state index contributed by atoms with van der Waals surface area (Å²) in [5.41, 5.74) is 0.732. The van der Waals surface area contributed by atoms with Gasteiger partial charge in [-0.15, -0.1) is 0 Å². The molecule has 0 aliphatic carbocycles. The monoisotopic (exact) mass is 407 g/mol. The van der Waals surface area contributed by atoms with Crippen LogP contribution >= 0.6 is 0 Å². The van der Waals surface area contributed by atoms with Crippen LogP contribution < -0.4 is 14.2 Å². The number of methoxy groups -OCH3 is 2. The lowest BCUT2D eigenvalue weighted by Gasteiger charge is -2.15. The molecular weight excluding hydrogens is 386 g/mol. The van der Waals surface area contributed by atoms with Gasteiger partial charge in [-0.2, -0.15) is 0 Å². The summed E-state index contributed by atoms with van der Waals surface area (Å²) in [4.78, 5) is 25.0. The Labute approximate surface area is 163 Å². The molecule has 0 bridgehead atoms. The second kappa shape index (κ2) is 8.75. The van der Waals surface area contributed by atoms with Gasteiger partial charge in [0.2, 0.25) is 15.8 Å². The largest absolute Gasteiger partial charge is 0.493 e. The molecule has 2 aromatic carbocycles. The lowest BCUT2D eigenvalue weighted by Crippen LogP contribution is -2.24. The van der Waals surface area contributed by atoms with Crippen molar-refractivity contribution in [2.24, 2.45) is 0 Å². The minimum Gasteiger partial charge on any atom is -0.493 e. The van der Waals surface area contributed by atoms with E-state index in [0.29, 0.717) is 11.4 Å². The smallest absolute Gasteiger partial charge is 0.342 e. The first kappa shape index (κ1) is 21.2. The van der Waals surface area contributed by atoms with Gasteiger partial charge >= 0.3 is 5.97 Å². The Morgan fingerprint density at radius 1 is 1.00 bits per heavy atom. The molecular formula is C19H21NO7S. The zero-order chi connectivity index (χ0) is 20.9. The summed E-state index contributed by atoms with van der Waals surface area (Å²) in [5, 5.41) is 0. The molecule has 0 spiro atoms. The van der Waals surface area contributed by atoms with Crippen LogP contribution in [-0.4, -0.2) is 46.7 Å². The highest BCUT2D eigenvalue weighted by Gasteiger charge is 2.24. The fraction of sp³-hybridized carbons (Fsp3) is 0.263. The summed E-state index contributed by atoms with van der Waals surface area (Å²) in [6, 6.07) is 10.6. The Kier molecular flexibility index (Phi) is 6.63. The summed E-state index contributed by atoms with van der Waals surface area (Å²) in [7, 11) is -0.568. The molecule has 150 valence electrons. The number of hydrogen-bond acceptors (Lipinski definition) is 7. The molecule has 0 aliphatic heterocycles. The van der Waals surface area contributed by atoms with E-state index in [1.807, 2.05) is 0 Å². The van der Waals surface area contributed by atoms with Crippen LogP contribution in [-0.2, 0) is 14.8 Å². The maximum absolute atomic E-state index is 12.5. The van der Waals surface area contributed by atoms with Crippen LogP contribution in [0.4, 0.5) is 5.69 Å². The molecule has 0 heterocycles. The van der Waals surface area contributed by atoms with E-state index in [2.05, 4.69) is 4.72 Å². The van der Waals surface area contributed by atoms with Gasteiger partial charge < -0.3 is 14.2 Å².